The molecule has 0 bridgehead atoms. The van der Waals surface area contributed by atoms with Gasteiger partial charge >= 0.3 is 0 Å². The molecule has 88 valence electrons. The lowest BCUT2D eigenvalue weighted by molar-refractivity contribution is 0.315. The van der Waals surface area contributed by atoms with Crippen LogP contribution in [0.4, 0.5) is 10.1 Å². The second kappa shape index (κ2) is 5.88. The molecule has 0 heterocycles. The van der Waals surface area contributed by atoms with Crippen molar-refractivity contribution in [2.75, 3.05) is 11.9 Å². The maximum absolute atomic E-state index is 12.8. The van der Waals surface area contributed by atoms with E-state index in [-0.39, 0.29) is 17.6 Å². The molecule has 0 spiro atoms. The van der Waals surface area contributed by atoms with E-state index in [0.717, 1.165) is 9.26 Å². The van der Waals surface area contributed by atoms with Gasteiger partial charge in [0.05, 0.1) is 0 Å². The van der Waals surface area contributed by atoms with Crippen molar-refractivity contribution in [3.8, 4) is 0 Å². The van der Waals surface area contributed by atoms with Crippen LogP contribution in [0.3, 0.4) is 0 Å². The molecule has 1 unspecified atom stereocenters. The van der Waals surface area contributed by atoms with Gasteiger partial charge in [0.25, 0.3) is 0 Å². The fourth-order valence-electron chi connectivity index (χ4n) is 1.10. The predicted molar refractivity (Wildman–Crippen MR) is 70.2 cm³/mol. The van der Waals surface area contributed by atoms with E-state index in [4.69, 9.17) is 10.9 Å². The molecule has 1 atom stereocenters. The van der Waals surface area contributed by atoms with Gasteiger partial charge in [-0.15, -0.1) is 0 Å². The van der Waals surface area contributed by atoms with E-state index < -0.39 is 0 Å². The SMILES string of the molecule is CC(CNc1ccc(F)cc1I)C(N)=NO. The number of nitrogens with zero attached hydrogens (tertiary/aromatic N) is 1. The van der Waals surface area contributed by atoms with Crippen LogP contribution in [0, 0.1) is 15.3 Å². The molecule has 0 aromatic heterocycles. The highest BCUT2D eigenvalue weighted by Gasteiger charge is 2.08. The number of halogens is 2. The summed E-state index contributed by atoms with van der Waals surface area (Å²) in [5.41, 5.74) is 6.27. The van der Waals surface area contributed by atoms with Crippen molar-refractivity contribution in [2.24, 2.45) is 16.8 Å². The Morgan fingerprint density at radius 3 is 2.94 bits per heavy atom. The van der Waals surface area contributed by atoms with Gasteiger partial charge in [0, 0.05) is 21.7 Å². The topological polar surface area (TPSA) is 70.6 Å². The number of hydrogen-bond donors (Lipinski definition) is 3. The number of nitrogens with two attached hydrogens (primary N) is 1. The minimum Gasteiger partial charge on any atom is -0.409 e. The van der Waals surface area contributed by atoms with Gasteiger partial charge in [-0.05, 0) is 40.8 Å². The van der Waals surface area contributed by atoms with Crippen molar-refractivity contribution >= 4 is 34.1 Å². The largest absolute Gasteiger partial charge is 0.409 e. The molecule has 16 heavy (non-hydrogen) atoms. The number of amidine groups is 1. The van der Waals surface area contributed by atoms with Crippen molar-refractivity contribution in [3.63, 3.8) is 0 Å². The molecule has 0 aliphatic heterocycles. The van der Waals surface area contributed by atoms with Gasteiger partial charge < -0.3 is 16.3 Å². The highest BCUT2D eigenvalue weighted by atomic mass is 127. The number of anilines is 1. The molecule has 0 radical (unpaired) electrons. The first-order valence-corrected chi connectivity index (χ1v) is 5.78. The van der Waals surface area contributed by atoms with Crippen molar-refractivity contribution in [2.45, 2.75) is 6.92 Å². The lowest BCUT2D eigenvalue weighted by Crippen LogP contribution is -2.27. The van der Waals surface area contributed by atoms with Crippen LogP contribution in [0.25, 0.3) is 0 Å². The Balaban J connectivity index is 2.61. The van der Waals surface area contributed by atoms with Crippen molar-refractivity contribution < 1.29 is 9.60 Å². The second-order valence-electron chi connectivity index (χ2n) is 3.43. The van der Waals surface area contributed by atoms with E-state index in [1.54, 1.807) is 6.07 Å². The predicted octanol–water partition coefficient (Wildman–Crippen LogP) is 2.22. The molecule has 4 nitrogen and oxygen atoms in total. The van der Waals surface area contributed by atoms with E-state index in [2.05, 4.69) is 10.5 Å². The number of benzene rings is 1. The van der Waals surface area contributed by atoms with Crippen LogP contribution in [0.5, 0.6) is 0 Å². The summed E-state index contributed by atoms with van der Waals surface area (Å²) in [6, 6.07) is 4.49. The summed E-state index contributed by atoms with van der Waals surface area (Å²) in [4.78, 5) is 0. The zero-order valence-corrected chi connectivity index (χ0v) is 10.9. The Bertz CT molecular complexity index is 398. The normalized spacial score (nSPS) is 13.6. The zero-order valence-electron chi connectivity index (χ0n) is 8.74. The van der Waals surface area contributed by atoms with E-state index in [1.807, 2.05) is 29.5 Å². The third-order valence-electron chi connectivity index (χ3n) is 2.15. The summed E-state index contributed by atoms with van der Waals surface area (Å²) in [6.07, 6.45) is 0. The van der Waals surface area contributed by atoms with Gasteiger partial charge in [0.2, 0.25) is 0 Å². The van der Waals surface area contributed by atoms with Crippen LogP contribution in [-0.2, 0) is 0 Å². The average Bonchev–Trinajstić information content (AvgIpc) is 2.26. The summed E-state index contributed by atoms with van der Waals surface area (Å²) in [5.74, 6) is -0.185. The van der Waals surface area contributed by atoms with Crippen LogP contribution < -0.4 is 11.1 Å². The Morgan fingerprint density at radius 2 is 2.38 bits per heavy atom. The summed E-state index contributed by atoms with van der Waals surface area (Å²) < 4.78 is 13.6. The summed E-state index contributed by atoms with van der Waals surface area (Å²) in [5, 5.41) is 14.5. The van der Waals surface area contributed by atoms with E-state index in [9.17, 15) is 4.39 Å². The minimum absolute atomic E-state index is 0.0918. The van der Waals surface area contributed by atoms with Gasteiger partial charge in [0.15, 0.2) is 0 Å². The smallest absolute Gasteiger partial charge is 0.143 e. The first-order chi connectivity index (χ1) is 7.54. The first kappa shape index (κ1) is 13.0. The molecule has 0 saturated carbocycles. The minimum atomic E-state index is -0.264. The van der Waals surface area contributed by atoms with Crippen LogP contribution >= 0.6 is 22.6 Å². The number of hydrogen-bond acceptors (Lipinski definition) is 3. The number of nitrogens with one attached hydrogen (secondary N) is 1. The van der Waals surface area contributed by atoms with Crippen molar-refractivity contribution in [3.05, 3.63) is 27.6 Å². The quantitative estimate of drug-likeness (QED) is 0.259. The molecule has 0 aliphatic carbocycles. The van der Waals surface area contributed by atoms with Gasteiger partial charge in [-0.1, -0.05) is 12.1 Å². The maximum Gasteiger partial charge on any atom is 0.143 e. The molecular weight excluding hydrogens is 324 g/mol. The van der Waals surface area contributed by atoms with Gasteiger partial charge in [-0.3, -0.25) is 0 Å². The maximum atomic E-state index is 12.8. The van der Waals surface area contributed by atoms with E-state index >= 15 is 0 Å². The second-order valence-corrected chi connectivity index (χ2v) is 4.59. The Morgan fingerprint density at radius 1 is 1.69 bits per heavy atom. The summed E-state index contributed by atoms with van der Waals surface area (Å²) in [7, 11) is 0. The molecule has 6 heteroatoms. The van der Waals surface area contributed by atoms with Crippen LogP contribution in [-0.4, -0.2) is 17.6 Å². The summed E-state index contributed by atoms with van der Waals surface area (Å²) in [6.45, 7) is 2.36. The Kier molecular flexibility index (Phi) is 4.78. The Hall–Kier alpha value is -1.05. The molecule has 0 saturated heterocycles. The molecular formula is C10H13FIN3O. The van der Waals surface area contributed by atoms with Crippen molar-refractivity contribution in [1.82, 2.24) is 0 Å². The van der Waals surface area contributed by atoms with E-state index in [0.29, 0.717) is 6.54 Å². The fraction of sp³-hybridized carbons (Fsp3) is 0.300. The number of oxime groups is 1. The molecule has 4 N–H and O–H groups in total. The molecule has 1 aromatic carbocycles. The van der Waals surface area contributed by atoms with Crippen LogP contribution in [0.1, 0.15) is 6.92 Å². The third-order valence-corrected chi connectivity index (χ3v) is 3.04. The van der Waals surface area contributed by atoms with Crippen molar-refractivity contribution in [1.29, 1.82) is 0 Å². The van der Waals surface area contributed by atoms with Gasteiger partial charge in [-0.25, -0.2) is 4.39 Å². The fourth-order valence-corrected chi connectivity index (χ4v) is 1.77. The van der Waals surface area contributed by atoms with E-state index in [1.165, 1.54) is 12.1 Å². The monoisotopic (exact) mass is 337 g/mol. The van der Waals surface area contributed by atoms with Gasteiger partial charge in [0.1, 0.15) is 11.7 Å². The Labute approximate surface area is 107 Å². The first-order valence-electron chi connectivity index (χ1n) is 4.71. The summed E-state index contributed by atoms with van der Waals surface area (Å²) >= 11 is 2.05. The van der Waals surface area contributed by atoms with Crippen LogP contribution in [0.15, 0.2) is 23.4 Å². The zero-order chi connectivity index (χ0) is 12.1. The molecule has 1 rings (SSSR count). The highest BCUT2D eigenvalue weighted by Crippen LogP contribution is 2.19. The molecule has 0 aliphatic rings. The average molecular weight is 337 g/mol. The standard InChI is InChI=1S/C10H13FIN3O/c1-6(10(13)15-16)5-14-9-3-2-7(11)4-8(9)12/h2-4,6,14,16H,5H2,1H3,(H2,13,15). The lowest BCUT2D eigenvalue weighted by atomic mass is 10.1. The number of rotatable bonds is 4. The van der Waals surface area contributed by atoms with Crippen LogP contribution in [0.2, 0.25) is 0 Å². The molecule has 0 fully saturated rings. The third kappa shape index (κ3) is 3.51. The molecule has 0 amide bonds. The highest BCUT2D eigenvalue weighted by molar-refractivity contribution is 14.1. The lowest BCUT2D eigenvalue weighted by Gasteiger charge is -2.13. The van der Waals surface area contributed by atoms with Gasteiger partial charge in [-0.2, -0.15) is 0 Å². The molecule has 1 aromatic rings.